The molecule has 0 radical (unpaired) electrons. The number of carbonyl (C=O) groups excluding carboxylic acids is 2. The van der Waals surface area contributed by atoms with Gasteiger partial charge >= 0.3 is 12.0 Å². The number of carboxylic acids is 1. The van der Waals surface area contributed by atoms with Crippen molar-refractivity contribution in [2.45, 2.75) is 0 Å². The molecule has 0 aliphatic rings. The van der Waals surface area contributed by atoms with Gasteiger partial charge in [-0.3, -0.25) is 10.1 Å². The first-order chi connectivity index (χ1) is 8.93. The Morgan fingerprint density at radius 2 is 2.05 bits per heavy atom. The number of imide groups is 1. The van der Waals surface area contributed by atoms with E-state index in [1.165, 1.54) is 19.2 Å². The second-order valence-electron chi connectivity index (χ2n) is 3.36. The number of carbonyl (C=O) groups is 3. The van der Waals surface area contributed by atoms with Gasteiger partial charge in [0.1, 0.15) is 11.3 Å². The maximum absolute atomic E-state index is 11.3. The topological polar surface area (TPSA) is 105 Å². The van der Waals surface area contributed by atoms with Gasteiger partial charge in [-0.2, -0.15) is 0 Å². The highest BCUT2D eigenvalue weighted by Gasteiger charge is 2.13. The minimum Gasteiger partial charge on any atom is -0.483 e. The van der Waals surface area contributed by atoms with Gasteiger partial charge < -0.3 is 15.2 Å². The van der Waals surface area contributed by atoms with E-state index in [2.05, 4.69) is 21.2 Å². The predicted molar refractivity (Wildman–Crippen MR) is 69.2 cm³/mol. The fourth-order valence-corrected chi connectivity index (χ4v) is 1.50. The summed E-state index contributed by atoms with van der Waals surface area (Å²) in [6, 6.07) is 3.65. The lowest BCUT2D eigenvalue weighted by atomic mass is 10.2. The third kappa shape index (κ3) is 4.59. The highest BCUT2D eigenvalue weighted by atomic mass is 79.9. The molecule has 0 spiro atoms. The van der Waals surface area contributed by atoms with Gasteiger partial charge in [-0.1, -0.05) is 15.9 Å². The van der Waals surface area contributed by atoms with Crippen molar-refractivity contribution in [3.63, 3.8) is 0 Å². The summed E-state index contributed by atoms with van der Waals surface area (Å²) in [5, 5.41) is 13.1. The Morgan fingerprint density at radius 1 is 1.37 bits per heavy atom. The lowest BCUT2D eigenvalue weighted by Crippen LogP contribution is -2.40. The molecule has 0 aromatic heterocycles. The van der Waals surface area contributed by atoms with Gasteiger partial charge in [-0.25, -0.2) is 9.59 Å². The molecule has 0 saturated heterocycles. The first-order valence-electron chi connectivity index (χ1n) is 5.11. The summed E-state index contributed by atoms with van der Waals surface area (Å²) in [6.07, 6.45) is 0. The largest absolute Gasteiger partial charge is 0.483 e. The Morgan fingerprint density at radius 3 is 2.63 bits per heavy atom. The average molecular weight is 331 g/mol. The Kier molecular flexibility index (Phi) is 5.31. The van der Waals surface area contributed by atoms with Crippen molar-refractivity contribution in [3.8, 4) is 5.75 Å². The van der Waals surface area contributed by atoms with Crippen molar-refractivity contribution < 1.29 is 24.2 Å². The minimum atomic E-state index is -1.17. The zero-order valence-corrected chi connectivity index (χ0v) is 11.5. The molecule has 8 heteroatoms. The molecule has 0 unspecified atom stereocenters. The molecule has 0 fully saturated rings. The summed E-state index contributed by atoms with van der Waals surface area (Å²) in [5.41, 5.74) is -0.0732. The van der Waals surface area contributed by atoms with Gasteiger partial charge in [0.2, 0.25) is 0 Å². The van der Waals surface area contributed by atoms with E-state index in [0.717, 1.165) is 0 Å². The zero-order valence-electron chi connectivity index (χ0n) is 9.90. The minimum absolute atomic E-state index is 0.0360. The van der Waals surface area contributed by atoms with Crippen molar-refractivity contribution in [2.75, 3.05) is 13.7 Å². The fourth-order valence-electron chi connectivity index (χ4n) is 1.16. The van der Waals surface area contributed by atoms with Crippen LogP contribution in [-0.2, 0) is 4.79 Å². The second kappa shape index (κ2) is 6.74. The van der Waals surface area contributed by atoms with Crippen LogP contribution in [0.25, 0.3) is 0 Å². The van der Waals surface area contributed by atoms with Gasteiger partial charge in [-0.15, -0.1) is 0 Å². The number of nitrogens with one attached hydrogen (secondary N) is 2. The smallest absolute Gasteiger partial charge is 0.339 e. The van der Waals surface area contributed by atoms with E-state index < -0.39 is 24.5 Å². The Bertz CT molecular complexity index is 518. The van der Waals surface area contributed by atoms with Crippen LogP contribution in [0.5, 0.6) is 5.75 Å². The molecule has 1 rings (SSSR count). The number of carboxylic acid groups (broad SMARTS) is 1. The van der Waals surface area contributed by atoms with Crippen LogP contribution in [0.3, 0.4) is 0 Å². The van der Waals surface area contributed by atoms with E-state index in [4.69, 9.17) is 9.84 Å². The van der Waals surface area contributed by atoms with Gasteiger partial charge in [0.15, 0.2) is 6.61 Å². The Labute approximate surface area is 117 Å². The van der Waals surface area contributed by atoms with Crippen molar-refractivity contribution in [1.29, 1.82) is 0 Å². The van der Waals surface area contributed by atoms with Crippen LogP contribution in [0, 0.1) is 0 Å². The normalized spacial score (nSPS) is 9.58. The molecule has 7 nitrogen and oxygen atoms in total. The molecule has 1 aromatic carbocycles. The summed E-state index contributed by atoms with van der Waals surface area (Å²) in [6.45, 7) is -0.468. The summed E-state index contributed by atoms with van der Waals surface area (Å²) in [7, 11) is 1.36. The molecule has 0 saturated carbocycles. The number of amides is 3. The molecule has 0 bridgehead atoms. The van der Waals surface area contributed by atoms with Crippen LogP contribution in [0.4, 0.5) is 4.79 Å². The van der Waals surface area contributed by atoms with Crippen LogP contribution in [0.1, 0.15) is 10.4 Å². The number of urea groups is 1. The van der Waals surface area contributed by atoms with Crippen molar-refractivity contribution in [2.24, 2.45) is 0 Å². The maximum atomic E-state index is 11.3. The number of rotatable bonds is 4. The number of hydrogen-bond acceptors (Lipinski definition) is 4. The van der Waals surface area contributed by atoms with Crippen molar-refractivity contribution in [1.82, 2.24) is 10.6 Å². The first kappa shape index (κ1) is 15.0. The van der Waals surface area contributed by atoms with Crippen molar-refractivity contribution >= 4 is 33.8 Å². The molecule has 0 heterocycles. The second-order valence-corrected chi connectivity index (χ2v) is 4.28. The third-order valence-electron chi connectivity index (χ3n) is 2.01. The number of hydrogen-bond donors (Lipinski definition) is 3. The highest BCUT2D eigenvalue weighted by molar-refractivity contribution is 9.10. The summed E-state index contributed by atoms with van der Waals surface area (Å²) >= 11 is 3.17. The van der Waals surface area contributed by atoms with E-state index in [1.54, 1.807) is 6.07 Å². The van der Waals surface area contributed by atoms with Gasteiger partial charge in [0.05, 0.1) is 0 Å². The number of halogens is 1. The average Bonchev–Trinajstić information content (AvgIpc) is 2.35. The molecule has 1 aromatic rings. The quantitative estimate of drug-likeness (QED) is 0.763. The number of aromatic carboxylic acids is 1. The van der Waals surface area contributed by atoms with E-state index >= 15 is 0 Å². The van der Waals surface area contributed by atoms with Crippen molar-refractivity contribution in [3.05, 3.63) is 28.2 Å². The molecule has 0 atom stereocenters. The highest BCUT2D eigenvalue weighted by Crippen LogP contribution is 2.23. The Hall–Kier alpha value is -2.09. The van der Waals surface area contributed by atoms with Crippen LogP contribution in [0.2, 0.25) is 0 Å². The van der Waals surface area contributed by atoms with Crippen LogP contribution >= 0.6 is 15.9 Å². The fraction of sp³-hybridized carbons (Fsp3) is 0.182. The first-order valence-corrected chi connectivity index (χ1v) is 5.90. The molecular weight excluding hydrogens is 320 g/mol. The number of benzene rings is 1. The molecule has 0 aliphatic heterocycles. The van der Waals surface area contributed by atoms with E-state index in [0.29, 0.717) is 4.47 Å². The Balaban J connectivity index is 2.72. The summed E-state index contributed by atoms with van der Waals surface area (Å²) < 4.78 is 5.69. The summed E-state index contributed by atoms with van der Waals surface area (Å²) in [4.78, 5) is 33.1. The lowest BCUT2D eigenvalue weighted by Gasteiger charge is -2.09. The molecular formula is C11H11BrN2O5. The third-order valence-corrected chi connectivity index (χ3v) is 2.51. The van der Waals surface area contributed by atoms with Crippen LogP contribution < -0.4 is 15.4 Å². The standard InChI is InChI=1S/C11H11BrN2O5/c1-13-11(18)14-9(15)5-19-8-4-6(12)2-3-7(8)10(16)17/h2-4H,5H2,1H3,(H,16,17)(H2,13,14,15,18). The SMILES string of the molecule is CNC(=O)NC(=O)COc1cc(Br)ccc1C(=O)O. The van der Waals surface area contributed by atoms with E-state index in [9.17, 15) is 14.4 Å². The zero-order chi connectivity index (χ0) is 14.4. The predicted octanol–water partition coefficient (Wildman–Crippen LogP) is 0.982. The maximum Gasteiger partial charge on any atom is 0.339 e. The van der Waals surface area contributed by atoms with E-state index in [1.807, 2.05) is 5.32 Å². The molecule has 0 aliphatic carbocycles. The number of ether oxygens (including phenoxy) is 1. The molecule has 19 heavy (non-hydrogen) atoms. The molecule has 3 N–H and O–H groups in total. The van der Waals surface area contributed by atoms with Gasteiger partial charge in [-0.05, 0) is 18.2 Å². The van der Waals surface area contributed by atoms with Gasteiger partial charge in [0.25, 0.3) is 5.91 Å². The lowest BCUT2D eigenvalue weighted by molar-refractivity contribution is -0.122. The molecule has 102 valence electrons. The molecule has 3 amide bonds. The monoisotopic (exact) mass is 330 g/mol. The van der Waals surface area contributed by atoms with Gasteiger partial charge in [0, 0.05) is 11.5 Å². The van der Waals surface area contributed by atoms with Crippen LogP contribution in [0.15, 0.2) is 22.7 Å². The summed E-state index contributed by atoms with van der Waals surface area (Å²) in [5.74, 6) is -1.82. The van der Waals surface area contributed by atoms with Crippen LogP contribution in [-0.4, -0.2) is 36.7 Å². The van der Waals surface area contributed by atoms with E-state index in [-0.39, 0.29) is 11.3 Å².